The monoisotopic (exact) mass is 327 g/mol. The van der Waals surface area contributed by atoms with Gasteiger partial charge in [-0.15, -0.1) is 0 Å². The number of hydrogen-bond donors (Lipinski definition) is 1. The molecule has 1 fully saturated rings. The van der Waals surface area contributed by atoms with Gasteiger partial charge in [-0.25, -0.2) is 13.1 Å². The summed E-state index contributed by atoms with van der Waals surface area (Å²) in [5.41, 5.74) is 0.783. The van der Waals surface area contributed by atoms with Gasteiger partial charge in [0.2, 0.25) is 10.0 Å². The van der Waals surface area contributed by atoms with Gasteiger partial charge in [-0.05, 0) is 25.3 Å². The Kier molecular flexibility index (Phi) is 5.83. The van der Waals surface area contributed by atoms with Crippen LogP contribution >= 0.6 is 0 Å². The summed E-state index contributed by atoms with van der Waals surface area (Å²) in [5.74, 6) is 0.963. The maximum Gasteiger partial charge on any atom is 0.211 e. The van der Waals surface area contributed by atoms with E-state index in [1.165, 1.54) is 0 Å². The topological polar surface area (TPSA) is 64.6 Å². The van der Waals surface area contributed by atoms with Crippen molar-refractivity contribution in [1.82, 2.24) is 4.72 Å². The van der Waals surface area contributed by atoms with Crippen LogP contribution in [0, 0.1) is 0 Å². The third-order valence-corrected chi connectivity index (χ3v) is 5.76. The molecule has 1 N–H and O–H groups in total. The molecule has 124 valence electrons. The van der Waals surface area contributed by atoms with E-state index >= 15 is 0 Å². The number of hydrogen-bond acceptors (Lipinski definition) is 4. The van der Waals surface area contributed by atoms with Gasteiger partial charge in [-0.1, -0.05) is 25.1 Å². The van der Waals surface area contributed by atoms with Crippen LogP contribution in [-0.2, 0) is 20.2 Å². The Bertz CT molecular complexity index is 580. The van der Waals surface area contributed by atoms with Crippen LogP contribution in [0.15, 0.2) is 24.3 Å². The van der Waals surface area contributed by atoms with E-state index in [0.717, 1.165) is 24.2 Å². The lowest BCUT2D eigenvalue weighted by Gasteiger charge is -2.38. The first-order chi connectivity index (χ1) is 10.5. The second-order valence-electron chi connectivity index (χ2n) is 5.73. The molecule has 0 aliphatic carbocycles. The van der Waals surface area contributed by atoms with E-state index in [1.807, 2.05) is 31.2 Å². The Hall–Kier alpha value is -1.11. The van der Waals surface area contributed by atoms with Gasteiger partial charge in [-0.2, -0.15) is 0 Å². The van der Waals surface area contributed by atoms with Crippen molar-refractivity contribution >= 4 is 10.0 Å². The Balaban J connectivity index is 2.28. The Morgan fingerprint density at radius 1 is 1.27 bits per heavy atom. The Morgan fingerprint density at radius 3 is 2.59 bits per heavy atom. The van der Waals surface area contributed by atoms with Gasteiger partial charge in [0.05, 0.1) is 12.9 Å². The summed E-state index contributed by atoms with van der Waals surface area (Å²) in [5, 5.41) is 0. The highest BCUT2D eigenvalue weighted by Gasteiger charge is 2.37. The van der Waals surface area contributed by atoms with Crippen molar-refractivity contribution in [3.63, 3.8) is 0 Å². The molecule has 1 aromatic carbocycles. The molecule has 1 aliphatic heterocycles. The molecule has 22 heavy (non-hydrogen) atoms. The lowest BCUT2D eigenvalue weighted by Crippen LogP contribution is -2.45. The van der Waals surface area contributed by atoms with Crippen LogP contribution in [-0.4, -0.2) is 41.0 Å². The maximum absolute atomic E-state index is 12.0. The van der Waals surface area contributed by atoms with E-state index in [4.69, 9.17) is 9.47 Å². The minimum Gasteiger partial charge on any atom is -0.496 e. The highest BCUT2D eigenvalue weighted by Crippen LogP contribution is 2.39. The normalized spacial score (nSPS) is 18.1. The highest BCUT2D eigenvalue weighted by atomic mass is 32.2. The smallest absolute Gasteiger partial charge is 0.211 e. The summed E-state index contributed by atoms with van der Waals surface area (Å²) < 4.78 is 37.8. The summed E-state index contributed by atoms with van der Waals surface area (Å²) in [4.78, 5) is 0. The van der Waals surface area contributed by atoms with Gasteiger partial charge in [0.15, 0.2) is 0 Å². The fourth-order valence-electron chi connectivity index (χ4n) is 2.98. The van der Waals surface area contributed by atoms with Crippen LogP contribution in [0.5, 0.6) is 5.75 Å². The summed E-state index contributed by atoms with van der Waals surface area (Å²) in [6.45, 7) is 3.52. The largest absolute Gasteiger partial charge is 0.496 e. The number of ether oxygens (including phenoxy) is 2. The molecule has 0 aromatic heterocycles. The Morgan fingerprint density at radius 2 is 1.95 bits per heavy atom. The van der Waals surface area contributed by atoms with Gasteiger partial charge < -0.3 is 9.47 Å². The highest BCUT2D eigenvalue weighted by molar-refractivity contribution is 7.89. The number of rotatable bonds is 7. The second kappa shape index (κ2) is 7.44. The molecular weight excluding hydrogens is 302 g/mol. The first-order valence-corrected chi connectivity index (χ1v) is 9.37. The molecule has 0 radical (unpaired) electrons. The first-order valence-electron chi connectivity index (χ1n) is 7.71. The van der Waals surface area contributed by atoms with Gasteiger partial charge in [0.25, 0.3) is 0 Å². The van der Waals surface area contributed by atoms with E-state index in [-0.39, 0.29) is 11.2 Å². The molecule has 1 aromatic rings. The lowest BCUT2D eigenvalue weighted by molar-refractivity contribution is 0.0509. The van der Waals surface area contributed by atoms with Gasteiger partial charge in [0, 0.05) is 30.7 Å². The molecule has 0 spiro atoms. The molecule has 0 amide bonds. The maximum atomic E-state index is 12.0. The van der Waals surface area contributed by atoms with Crippen LogP contribution < -0.4 is 9.46 Å². The van der Waals surface area contributed by atoms with Crippen LogP contribution in [0.1, 0.15) is 31.7 Å². The predicted molar refractivity (Wildman–Crippen MR) is 86.8 cm³/mol. The second-order valence-corrected chi connectivity index (χ2v) is 7.66. The van der Waals surface area contributed by atoms with E-state index in [9.17, 15) is 8.42 Å². The lowest BCUT2D eigenvalue weighted by atomic mass is 9.74. The predicted octanol–water partition coefficient (Wildman–Crippen LogP) is 2.07. The molecule has 6 heteroatoms. The quantitative estimate of drug-likeness (QED) is 0.833. The fraction of sp³-hybridized carbons (Fsp3) is 0.625. The summed E-state index contributed by atoms with van der Waals surface area (Å²) in [6, 6.07) is 7.84. The van der Waals surface area contributed by atoms with E-state index < -0.39 is 10.0 Å². The van der Waals surface area contributed by atoms with Crippen LogP contribution in [0.3, 0.4) is 0 Å². The molecule has 0 atom stereocenters. The molecule has 1 heterocycles. The molecule has 0 unspecified atom stereocenters. The zero-order valence-corrected chi connectivity index (χ0v) is 14.1. The third kappa shape index (κ3) is 4.00. The van der Waals surface area contributed by atoms with Crippen molar-refractivity contribution < 1.29 is 17.9 Å². The Labute approximate surface area is 133 Å². The van der Waals surface area contributed by atoms with Crippen LogP contribution in [0.4, 0.5) is 0 Å². The van der Waals surface area contributed by atoms with Gasteiger partial charge in [-0.3, -0.25) is 0 Å². The SMILES string of the molecule is CCCS(=O)(=O)NCC1(c2ccccc2OC)CCOCC1. The van der Waals surface area contributed by atoms with Crippen molar-refractivity contribution in [3.8, 4) is 5.75 Å². The minimum atomic E-state index is -3.23. The number of benzene rings is 1. The number of nitrogens with one attached hydrogen (secondary N) is 1. The molecule has 1 aliphatic rings. The van der Waals surface area contributed by atoms with Gasteiger partial charge >= 0.3 is 0 Å². The molecule has 2 rings (SSSR count). The molecule has 1 saturated heterocycles. The van der Waals surface area contributed by atoms with E-state index in [0.29, 0.717) is 26.2 Å². The van der Waals surface area contributed by atoms with E-state index in [1.54, 1.807) is 7.11 Å². The van der Waals surface area contributed by atoms with Crippen molar-refractivity contribution in [3.05, 3.63) is 29.8 Å². The van der Waals surface area contributed by atoms with Gasteiger partial charge in [0.1, 0.15) is 5.75 Å². The standard InChI is InChI=1S/C16H25NO4S/c1-3-12-22(18,19)17-13-16(8-10-21-11-9-16)14-6-4-5-7-15(14)20-2/h4-7,17H,3,8-13H2,1-2H3. The first kappa shape index (κ1) is 17.2. The number of sulfonamides is 1. The zero-order valence-electron chi connectivity index (χ0n) is 13.3. The molecule has 0 bridgehead atoms. The number of methoxy groups -OCH3 is 1. The van der Waals surface area contributed by atoms with Crippen LogP contribution in [0.2, 0.25) is 0 Å². The average Bonchev–Trinajstić information content (AvgIpc) is 2.54. The third-order valence-electron chi connectivity index (χ3n) is 4.23. The van der Waals surface area contributed by atoms with Crippen molar-refractivity contribution in [2.75, 3.05) is 32.6 Å². The molecule has 5 nitrogen and oxygen atoms in total. The molecule has 0 saturated carbocycles. The molecular formula is C16H25NO4S. The van der Waals surface area contributed by atoms with E-state index in [2.05, 4.69) is 4.72 Å². The number of para-hydroxylation sites is 1. The van der Waals surface area contributed by atoms with Crippen molar-refractivity contribution in [2.45, 2.75) is 31.6 Å². The fourth-order valence-corrected chi connectivity index (χ4v) is 4.15. The van der Waals surface area contributed by atoms with Crippen LogP contribution in [0.25, 0.3) is 0 Å². The summed E-state index contributed by atoms with van der Waals surface area (Å²) >= 11 is 0. The zero-order chi connectivity index (χ0) is 16.1. The van der Waals surface area contributed by atoms with Crippen molar-refractivity contribution in [1.29, 1.82) is 0 Å². The summed E-state index contributed by atoms with van der Waals surface area (Å²) in [7, 11) is -1.58. The van der Waals surface area contributed by atoms with Crippen molar-refractivity contribution in [2.24, 2.45) is 0 Å². The average molecular weight is 327 g/mol. The summed E-state index contributed by atoms with van der Waals surface area (Å²) in [6.07, 6.45) is 2.17. The minimum absolute atomic E-state index is 0.158.